The molecule has 23 heavy (non-hydrogen) atoms. The van der Waals surface area contributed by atoms with Gasteiger partial charge in [0.15, 0.2) is 5.69 Å². The van der Waals surface area contributed by atoms with Crippen molar-refractivity contribution in [3.8, 4) is 0 Å². The van der Waals surface area contributed by atoms with Gasteiger partial charge in [0, 0.05) is 28.9 Å². The Morgan fingerprint density at radius 1 is 1.26 bits per heavy atom. The first-order chi connectivity index (χ1) is 10.5. The molecule has 0 bridgehead atoms. The van der Waals surface area contributed by atoms with Gasteiger partial charge in [-0.25, -0.2) is 0 Å². The number of aromatic nitrogens is 2. The SMILES string of the molecule is Cc1ccc(Cc2c(C(F)(F)F)n[nH]c2C)cc1C.NS(=O)[O-]. The van der Waals surface area contributed by atoms with Crippen molar-refractivity contribution in [3.63, 3.8) is 0 Å². The van der Waals surface area contributed by atoms with Gasteiger partial charge >= 0.3 is 6.18 Å². The van der Waals surface area contributed by atoms with Crippen LogP contribution in [0.3, 0.4) is 0 Å². The smallest absolute Gasteiger partial charge is 0.435 e. The maximum Gasteiger partial charge on any atom is 0.435 e. The zero-order valence-corrected chi connectivity index (χ0v) is 13.6. The first-order valence-electron chi connectivity index (χ1n) is 6.53. The molecule has 1 aromatic heterocycles. The average molecular weight is 348 g/mol. The van der Waals surface area contributed by atoms with Crippen LogP contribution in [-0.4, -0.2) is 19.0 Å². The molecule has 2 rings (SSSR count). The lowest BCUT2D eigenvalue weighted by atomic mass is 9.99. The fourth-order valence-corrected chi connectivity index (χ4v) is 2.02. The van der Waals surface area contributed by atoms with Gasteiger partial charge in [-0.05, 0) is 37.5 Å². The highest BCUT2D eigenvalue weighted by atomic mass is 32.2. The summed E-state index contributed by atoms with van der Waals surface area (Å²) >= 11 is -2.36. The van der Waals surface area contributed by atoms with E-state index in [2.05, 4.69) is 15.3 Å². The highest BCUT2D eigenvalue weighted by Crippen LogP contribution is 2.32. The van der Waals surface area contributed by atoms with E-state index >= 15 is 0 Å². The number of aromatic amines is 1. The quantitative estimate of drug-likeness (QED) is 0.817. The van der Waals surface area contributed by atoms with Crippen molar-refractivity contribution in [1.29, 1.82) is 0 Å². The molecule has 0 aliphatic heterocycles. The number of aryl methyl sites for hydroxylation is 3. The van der Waals surface area contributed by atoms with Crippen LogP contribution in [0.25, 0.3) is 0 Å². The molecule has 0 amide bonds. The second-order valence-electron chi connectivity index (χ2n) is 5.03. The van der Waals surface area contributed by atoms with Crippen LogP contribution >= 0.6 is 0 Å². The van der Waals surface area contributed by atoms with E-state index in [1.54, 1.807) is 6.92 Å². The van der Waals surface area contributed by atoms with Gasteiger partial charge < -0.3 is 4.55 Å². The van der Waals surface area contributed by atoms with E-state index < -0.39 is 23.1 Å². The van der Waals surface area contributed by atoms with Crippen LogP contribution in [-0.2, 0) is 23.9 Å². The summed E-state index contributed by atoms with van der Waals surface area (Å²) < 4.78 is 56.0. The number of rotatable bonds is 2. The molecule has 0 saturated heterocycles. The number of nitrogens with two attached hydrogens (primary N) is 1. The lowest BCUT2D eigenvalue weighted by Crippen LogP contribution is -2.09. The summed E-state index contributed by atoms with van der Waals surface area (Å²) in [5, 5.41) is 9.82. The molecule has 128 valence electrons. The molecule has 5 nitrogen and oxygen atoms in total. The maximum atomic E-state index is 12.8. The molecule has 0 spiro atoms. The Morgan fingerprint density at radius 2 is 1.83 bits per heavy atom. The lowest BCUT2D eigenvalue weighted by Gasteiger charge is -2.09. The van der Waals surface area contributed by atoms with E-state index in [1.165, 1.54) is 0 Å². The fourth-order valence-electron chi connectivity index (χ4n) is 2.02. The number of hydrogen-bond donors (Lipinski definition) is 2. The molecule has 1 unspecified atom stereocenters. The summed E-state index contributed by atoms with van der Waals surface area (Å²) in [7, 11) is 0. The normalized spacial score (nSPS) is 12.5. The van der Waals surface area contributed by atoms with Crippen molar-refractivity contribution in [2.75, 3.05) is 0 Å². The molecule has 1 heterocycles. The highest BCUT2D eigenvalue weighted by Gasteiger charge is 2.37. The number of hydrogen-bond acceptors (Lipinski definition) is 3. The van der Waals surface area contributed by atoms with Crippen molar-refractivity contribution >= 4 is 11.3 Å². The van der Waals surface area contributed by atoms with Gasteiger partial charge in [-0.3, -0.25) is 14.4 Å². The van der Waals surface area contributed by atoms with Crippen LogP contribution in [0.1, 0.15) is 33.6 Å². The van der Waals surface area contributed by atoms with Gasteiger partial charge in [0.05, 0.1) is 0 Å². The molecular formula is C14H17F3N3O2S-. The molecule has 0 aliphatic rings. The third-order valence-corrected chi connectivity index (χ3v) is 3.29. The number of benzene rings is 1. The Labute approximate surface area is 134 Å². The summed E-state index contributed by atoms with van der Waals surface area (Å²) in [5.41, 5.74) is 2.93. The number of alkyl halides is 3. The predicted octanol–water partition coefficient (Wildman–Crippen LogP) is 2.68. The largest absolute Gasteiger partial charge is 0.760 e. The first-order valence-corrected chi connectivity index (χ1v) is 7.67. The van der Waals surface area contributed by atoms with Gasteiger partial charge in [0.2, 0.25) is 0 Å². The molecule has 0 saturated carbocycles. The van der Waals surface area contributed by atoms with E-state index in [9.17, 15) is 13.2 Å². The molecule has 0 fully saturated rings. The number of halogens is 3. The molecule has 1 aromatic carbocycles. The third kappa shape index (κ3) is 5.77. The Kier molecular flexibility index (Phi) is 6.48. The van der Waals surface area contributed by atoms with E-state index in [0.29, 0.717) is 5.69 Å². The molecular weight excluding hydrogens is 331 g/mol. The Morgan fingerprint density at radius 3 is 2.30 bits per heavy atom. The van der Waals surface area contributed by atoms with Gasteiger partial charge in [-0.2, -0.15) is 18.3 Å². The van der Waals surface area contributed by atoms with Gasteiger partial charge in [-0.15, -0.1) is 0 Å². The van der Waals surface area contributed by atoms with E-state index in [-0.39, 0.29) is 12.0 Å². The van der Waals surface area contributed by atoms with E-state index in [4.69, 9.17) is 8.76 Å². The van der Waals surface area contributed by atoms with E-state index in [0.717, 1.165) is 16.7 Å². The second-order valence-corrected chi connectivity index (χ2v) is 5.55. The lowest BCUT2D eigenvalue weighted by molar-refractivity contribution is -0.141. The highest BCUT2D eigenvalue weighted by molar-refractivity contribution is 7.76. The molecule has 1 atom stereocenters. The molecule has 2 aromatic rings. The number of H-pyrrole nitrogens is 1. The maximum absolute atomic E-state index is 12.8. The number of nitrogens with one attached hydrogen (secondary N) is 1. The summed E-state index contributed by atoms with van der Waals surface area (Å²) in [6, 6.07) is 5.70. The van der Waals surface area contributed by atoms with Crippen molar-refractivity contribution in [1.82, 2.24) is 10.2 Å². The summed E-state index contributed by atoms with van der Waals surface area (Å²) in [6.07, 6.45) is -4.18. The van der Waals surface area contributed by atoms with Crippen LogP contribution in [0.15, 0.2) is 18.2 Å². The zero-order chi connectivity index (χ0) is 17.8. The van der Waals surface area contributed by atoms with E-state index in [1.807, 2.05) is 32.0 Å². The third-order valence-electron chi connectivity index (χ3n) is 3.29. The predicted molar refractivity (Wildman–Crippen MR) is 80.2 cm³/mol. The minimum absolute atomic E-state index is 0.218. The van der Waals surface area contributed by atoms with Crippen LogP contribution in [0, 0.1) is 20.8 Å². The topological polar surface area (TPSA) is 94.8 Å². The minimum atomic E-state index is -4.42. The second kappa shape index (κ2) is 7.71. The standard InChI is InChI=1S/C14H15F3N2.H3NO2S/c1-8-4-5-11(6-9(8)2)7-12-10(3)18-19-13(12)14(15,16)17;1-4(2)3/h4-6H,7H2,1-3H3,(H,18,19);1H2,(H,2,3)/p-1. The van der Waals surface area contributed by atoms with Crippen molar-refractivity contribution in [3.05, 3.63) is 51.8 Å². The molecule has 0 aliphatic carbocycles. The van der Waals surface area contributed by atoms with Crippen LogP contribution in [0.5, 0.6) is 0 Å². The molecule has 0 radical (unpaired) electrons. The fraction of sp³-hybridized carbons (Fsp3) is 0.357. The minimum Gasteiger partial charge on any atom is -0.760 e. The van der Waals surface area contributed by atoms with Gasteiger partial charge in [-0.1, -0.05) is 18.2 Å². The van der Waals surface area contributed by atoms with Crippen LogP contribution in [0.4, 0.5) is 13.2 Å². The Hall–Kier alpha value is -1.71. The van der Waals surface area contributed by atoms with Crippen LogP contribution < -0.4 is 5.14 Å². The molecule has 3 N–H and O–H groups in total. The summed E-state index contributed by atoms with van der Waals surface area (Å²) in [5.74, 6) is 0. The van der Waals surface area contributed by atoms with Gasteiger partial charge in [0.25, 0.3) is 0 Å². The van der Waals surface area contributed by atoms with Crippen molar-refractivity contribution < 1.29 is 21.9 Å². The number of nitrogens with zero attached hydrogens (tertiary/aromatic N) is 1. The van der Waals surface area contributed by atoms with Crippen LogP contribution in [0.2, 0.25) is 0 Å². The Balaban J connectivity index is 0.000000593. The monoisotopic (exact) mass is 348 g/mol. The Bertz CT molecular complexity index is 695. The summed E-state index contributed by atoms with van der Waals surface area (Å²) in [6.45, 7) is 5.54. The average Bonchev–Trinajstić information content (AvgIpc) is 2.75. The van der Waals surface area contributed by atoms with Crippen molar-refractivity contribution in [2.45, 2.75) is 33.4 Å². The van der Waals surface area contributed by atoms with Gasteiger partial charge in [0.1, 0.15) is 0 Å². The molecule has 9 heteroatoms. The van der Waals surface area contributed by atoms with Crippen molar-refractivity contribution in [2.24, 2.45) is 5.14 Å². The first kappa shape index (κ1) is 19.3. The zero-order valence-electron chi connectivity index (χ0n) is 12.8. The summed E-state index contributed by atoms with van der Waals surface area (Å²) in [4.78, 5) is 0.